The highest BCUT2D eigenvalue weighted by Gasteiger charge is 2.04. The smallest absolute Gasteiger partial charge is 0.188 e. The predicted octanol–water partition coefficient (Wildman–Crippen LogP) is 4.40. The van der Waals surface area contributed by atoms with Crippen molar-refractivity contribution in [3.8, 4) is 0 Å². The van der Waals surface area contributed by atoms with Crippen LogP contribution in [0.5, 0.6) is 0 Å². The number of anilines is 2. The first-order valence-electron chi connectivity index (χ1n) is 5.45. The van der Waals surface area contributed by atoms with E-state index in [1.54, 1.807) is 17.5 Å². The molecule has 2 aromatic heterocycles. The average Bonchev–Trinajstić information content (AvgIpc) is 2.70. The molecule has 18 heavy (non-hydrogen) atoms. The van der Waals surface area contributed by atoms with E-state index in [9.17, 15) is 0 Å². The molecule has 2 heterocycles. The Morgan fingerprint density at radius 1 is 1.22 bits per heavy atom. The number of pyridine rings is 1. The summed E-state index contributed by atoms with van der Waals surface area (Å²) in [5.74, 6) is 0. The third-order valence-corrected chi connectivity index (χ3v) is 3.66. The second kappa shape index (κ2) is 4.55. The summed E-state index contributed by atoms with van der Waals surface area (Å²) in [6, 6.07) is 7.76. The third kappa shape index (κ3) is 2.30. The molecule has 0 saturated carbocycles. The Balaban J connectivity index is 1.95. The van der Waals surface area contributed by atoms with Crippen molar-refractivity contribution in [2.45, 2.75) is 6.92 Å². The first kappa shape index (κ1) is 11.4. The molecule has 3 aromatic rings. The molecule has 0 bridgehead atoms. The minimum Gasteiger partial charge on any atom is -0.330 e. The van der Waals surface area contributed by atoms with Gasteiger partial charge in [-0.2, -0.15) is 0 Å². The molecule has 90 valence electrons. The van der Waals surface area contributed by atoms with Crippen molar-refractivity contribution >= 4 is 44.0 Å². The lowest BCUT2D eigenvalue weighted by molar-refractivity contribution is 1.26. The summed E-state index contributed by atoms with van der Waals surface area (Å²) in [6.45, 7) is 2.01. The molecule has 0 aliphatic rings. The Hall–Kier alpha value is -1.65. The first-order valence-corrected chi connectivity index (χ1v) is 6.65. The van der Waals surface area contributed by atoms with Crippen molar-refractivity contribution in [3.63, 3.8) is 0 Å². The molecular formula is C13H10ClN3S. The van der Waals surface area contributed by atoms with Crippen molar-refractivity contribution in [3.05, 3.63) is 47.2 Å². The van der Waals surface area contributed by atoms with Crippen molar-refractivity contribution < 1.29 is 0 Å². The van der Waals surface area contributed by atoms with Gasteiger partial charge in [-0.1, -0.05) is 22.9 Å². The minimum absolute atomic E-state index is 0.705. The number of aryl methyl sites for hydroxylation is 1. The molecule has 0 unspecified atom stereocenters. The van der Waals surface area contributed by atoms with E-state index < -0.39 is 0 Å². The zero-order valence-corrected chi connectivity index (χ0v) is 11.2. The van der Waals surface area contributed by atoms with Gasteiger partial charge in [0.1, 0.15) is 0 Å². The second-order valence-electron chi connectivity index (χ2n) is 4.01. The van der Waals surface area contributed by atoms with Gasteiger partial charge in [0.15, 0.2) is 5.13 Å². The van der Waals surface area contributed by atoms with Crippen LogP contribution in [-0.2, 0) is 0 Å². The van der Waals surface area contributed by atoms with E-state index in [1.807, 2.05) is 37.4 Å². The van der Waals surface area contributed by atoms with Gasteiger partial charge >= 0.3 is 0 Å². The van der Waals surface area contributed by atoms with Gasteiger partial charge in [-0.05, 0) is 36.8 Å². The molecule has 0 radical (unpaired) electrons. The lowest BCUT2D eigenvalue weighted by atomic mass is 10.3. The van der Waals surface area contributed by atoms with Crippen LogP contribution in [0.2, 0.25) is 5.02 Å². The van der Waals surface area contributed by atoms with E-state index in [1.165, 1.54) is 0 Å². The predicted molar refractivity (Wildman–Crippen MR) is 76.9 cm³/mol. The van der Waals surface area contributed by atoms with Crippen molar-refractivity contribution in [2.75, 3.05) is 5.32 Å². The Morgan fingerprint density at radius 3 is 2.94 bits per heavy atom. The highest BCUT2D eigenvalue weighted by Crippen LogP contribution is 2.29. The van der Waals surface area contributed by atoms with E-state index >= 15 is 0 Å². The van der Waals surface area contributed by atoms with E-state index in [4.69, 9.17) is 11.6 Å². The monoisotopic (exact) mass is 275 g/mol. The van der Waals surface area contributed by atoms with E-state index in [0.29, 0.717) is 5.02 Å². The fourth-order valence-electron chi connectivity index (χ4n) is 1.70. The van der Waals surface area contributed by atoms with Gasteiger partial charge in [-0.25, -0.2) is 4.98 Å². The van der Waals surface area contributed by atoms with Crippen LogP contribution in [0.3, 0.4) is 0 Å². The van der Waals surface area contributed by atoms with Gasteiger partial charge in [-0.3, -0.25) is 4.98 Å². The van der Waals surface area contributed by atoms with Crippen LogP contribution in [0.25, 0.3) is 10.2 Å². The maximum Gasteiger partial charge on any atom is 0.188 e. The molecular weight excluding hydrogens is 266 g/mol. The lowest BCUT2D eigenvalue weighted by Gasteiger charge is -2.01. The number of halogens is 1. The molecule has 0 fully saturated rings. The number of fused-ring (bicyclic) bond motifs is 1. The van der Waals surface area contributed by atoms with Gasteiger partial charge < -0.3 is 5.32 Å². The molecule has 0 spiro atoms. The Morgan fingerprint density at radius 2 is 2.11 bits per heavy atom. The van der Waals surface area contributed by atoms with Crippen molar-refractivity contribution in [2.24, 2.45) is 0 Å². The number of thiazole rings is 1. The standard InChI is InChI=1S/C13H10ClN3S/c1-8-4-10(7-15-6-8)16-13-17-11-5-9(14)2-3-12(11)18-13/h2-7H,1H3,(H,16,17). The molecule has 5 heteroatoms. The quantitative estimate of drug-likeness (QED) is 0.753. The summed E-state index contributed by atoms with van der Waals surface area (Å²) in [7, 11) is 0. The number of hydrogen-bond donors (Lipinski definition) is 1. The molecule has 0 saturated heterocycles. The van der Waals surface area contributed by atoms with Gasteiger partial charge in [0.25, 0.3) is 0 Å². The van der Waals surface area contributed by atoms with E-state index in [2.05, 4.69) is 15.3 Å². The maximum absolute atomic E-state index is 5.94. The zero-order valence-electron chi connectivity index (χ0n) is 9.64. The average molecular weight is 276 g/mol. The molecule has 0 aliphatic carbocycles. The molecule has 3 rings (SSSR count). The number of nitrogens with one attached hydrogen (secondary N) is 1. The largest absolute Gasteiger partial charge is 0.330 e. The zero-order chi connectivity index (χ0) is 12.5. The van der Waals surface area contributed by atoms with Crippen molar-refractivity contribution in [1.82, 2.24) is 9.97 Å². The molecule has 1 N–H and O–H groups in total. The summed E-state index contributed by atoms with van der Waals surface area (Å²) in [6.07, 6.45) is 3.61. The molecule has 1 aromatic carbocycles. The summed E-state index contributed by atoms with van der Waals surface area (Å²) >= 11 is 7.54. The number of nitrogens with zero attached hydrogens (tertiary/aromatic N) is 2. The van der Waals surface area contributed by atoms with Gasteiger partial charge in [0.05, 0.1) is 22.1 Å². The van der Waals surface area contributed by atoms with Crippen LogP contribution in [0.1, 0.15) is 5.56 Å². The Bertz CT molecular complexity index is 708. The highest BCUT2D eigenvalue weighted by molar-refractivity contribution is 7.22. The van der Waals surface area contributed by atoms with Gasteiger partial charge in [0, 0.05) is 11.2 Å². The highest BCUT2D eigenvalue weighted by atomic mass is 35.5. The summed E-state index contributed by atoms with van der Waals surface area (Å²) in [4.78, 5) is 8.64. The van der Waals surface area contributed by atoms with Crippen LogP contribution in [0.15, 0.2) is 36.7 Å². The Kier molecular flexibility index (Phi) is 2.89. The molecule has 0 atom stereocenters. The molecule has 0 amide bonds. The summed E-state index contributed by atoms with van der Waals surface area (Å²) in [5, 5.41) is 4.81. The lowest BCUT2D eigenvalue weighted by Crippen LogP contribution is -1.90. The van der Waals surface area contributed by atoms with Crippen LogP contribution in [0, 0.1) is 6.92 Å². The normalized spacial score (nSPS) is 10.8. The first-order chi connectivity index (χ1) is 8.70. The third-order valence-electron chi connectivity index (χ3n) is 2.48. The SMILES string of the molecule is Cc1cncc(Nc2nc3cc(Cl)ccc3s2)c1. The second-order valence-corrected chi connectivity index (χ2v) is 5.47. The topological polar surface area (TPSA) is 37.8 Å². The molecule has 0 aliphatic heterocycles. The number of hydrogen-bond acceptors (Lipinski definition) is 4. The van der Waals surface area contributed by atoms with E-state index in [-0.39, 0.29) is 0 Å². The van der Waals surface area contributed by atoms with Crippen LogP contribution >= 0.6 is 22.9 Å². The fraction of sp³-hybridized carbons (Fsp3) is 0.0769. The van der Waals surface area contributed by atoms with Gasteiger partial charge in [-0.15, -0.1) is 0 Å². The Labute approximate surface area is 113 Å². The number of benzene rings is 1. The summed E-state index contributed by atoms with van der Waals surface area (Å²) < 4.78 is 1.11. The number of aromatic nitrogens is 2. The molecule has 3 nitrogen and oxygen atoms in total. The summed E-state index contributed by atoms with van der Waals surface area (Å²) in [5.41, 5.74) is 2.97. The van der Waals surface area contributed by atoms with Crippen LogP contribution in [0.4, 0.5) is 10.8 Å². The van der Waals surface area contributed by atoms with E-state index in [0.717, 1.165) is 26.6 Å². The minimum atomic E-state index is 0.705. The number of rotatable bonds is 2. The van der Waals surface area contributed by atoms with Gasteiger partial charge in [0.2, 0.25) is 0 Å². The van der Waals surface area contributed by atoms with Crippen LogP contribution < -0.4 is 5.32 Å². The maximum atomic E-state index is 5.94. The fourth-order valence-corrected chi connectivity index (χ4v) is 2.73. The van der Waals surface area contributed by atoms with Crippen molar-refractivity contribution in [1.29, 1.82) is 0 Å². The van der Waals surface area contributed by atoms with Crippen LogP contribution in [-0.4, -0.2) is 9.97 Å².